The van der Waals surface area contributed by atoms with Crippen molar-refractivity contribution >= 4 is 23.3 Å². The number of halogens is 1. The number of rotatable bonds is 3. The van der Waals surface area contributed by atoms with E-state index in [1.807, 2.05) is 6.20 Å². The molecule has 0 aliphatic carbocycles. The summed E-state index contributed by atoms with van der Waals surface area (Å²) < 4.78 is 8.29. The van der Waals surface area contributed by atoms with E-state index in [1.165, 1.54) is 37.4 Å². The second-order valence-corrected chi connectivity index (χ2v) is 4.89. The van der Waals surface area contributed by atoms with Gasteiger partial charge in [-0.05, 0) is 19.4 Å². The summed E-state index contributed by atoms with van der Waals surface area (Å²) in [4.78, 5) is 2.46. The Labute approximate surface area is 99.8 Å². The number of likely N-dealkylation sites (tertiary alicyclic amines) is 1. The van der Waals surface area contributed by atoms with Crippen LogP contribution in [0.25, 0.3) is 0 Å². The molecule has 0 spiro atoms. The minimum absolute atomic E-state index is 0.524. The lowest BCUT2D eigenvalue weighted by Gasteiger charge is -2.27. The van der Waals surface area contributed by atoms with Crippen LogP contribution in [0.1, 0.15) is 31.4 Å². The predicted octanol–water partition coefficient (Wildman–Crippen LogP) is 2.52. The average Bonchev–Trinajstić information content (AvgIpc) is 2.64. The Hall–Kier alpha value is -0.190. The Morgan fingerprint density at radius 1 is 1.47 bits per heavy atom. The van der Waals surface area contributed by atoms with Crippen molar-refractivity contribution in [3.05, 3.63) is 11.9 Å². The molecule has 2 rings (SSSR count). The fourth-order valence-electron chi connectivity index (χ4n) is 2.08. The smallest absolute Gasteiger partial charge is 0.0883 e. The zero-order valence-corrected chi connectivity index (χ0v) is 10.3. The van der Waals surface area contributed by atoms with Crippen molar-refractivity contribution in [2.45, 2.75) is 38.3 Å². The van der Waals surface area contributed by atoms with Crippen LogP contribution < -0.4 is 0 Å². The first-order chi connectivity index (χ1) is 7.40. The zero-order chi connectivity index (χ0) is 10.5. The largest absolute Gasteiger partial charge is 0.293 e. The fraction of sp³-hybridized carbons (Fsp3) is 0.800. The molecule has 0 aromatic carbocycles. The molecular formula is C10H16ClN3S. The predicted molar refractivity (Wildman–Crippen MR) is 63.3 cm³/mol. The molecule has 1 aromatic heterocycles. The van der Waals surface area contributed by atoms with Crippen molar-refractivity contribution in [3.63, 3.8) is 0 Å². The van der Waals surface area contributed by atoms with Gasteiger partial charge in [0.05, 0.1) is 23.6 Å². The van der Waals surface area contributed by atoms with Crippen molar-refractivity contribution in [2.75, 3.05) is 12.4 Å². The molecule has 0 amide bonds. The molecule has 0 saturated carbocycles. The van der Waals surface area contributed by atoms with Gasteiger partial charge in [0.25, 0.3) is 0 Å². The number of nitrogens with zero attached hydrogens (tertiary/aromatic N) is 3. The molecule has 0 bridgehead atoms. The third-order valence-electron chi connectivity index (χ3n) is 2.95. The quantitative estimate of drug-likeness (QED) is 0.767. The van der Waals surface area contributed by atoms with E-state index in [4.69, 9.17) is 11.6 Å². The molecule has 1 unspecified atom stereocenters. The topological polar surface area (TPSA) is 29.0 Å². The second kappa shape index (κ2) is 5.77. The summed E-state index contributed by atoms with van der Waals surface area (Å²) in [7, 11) is 0. The van der Waals surface area contributed by atoms with Gasteiger partial charge >= 0.3 is 0 Å². The number of hydrogen-bond donors (Lipinski definition) is 0. The van der Waals surface area contributed by atoms with Crippen molar-refractivity contribution in [2.24, 2.45) is 0 Å². The van der Waals surface area contributed by atoms with Crippen molar-refractivity contribution in [3.8, 4) is 0 Å². The number of aromatic nitrogens is 2. The Bertz CT molecular complexity index is 278. The number of alkyl halides is 1. The van der Waals surface area contributed by atoms with Gasteiger partial charge < -0.3 is 0 Å². The SMILES string of the molecule is ClCC1CCCCCN1Cc1cnsn1. The maximum Gasteiger partial charge on any atom is 0.0883 e. The van der Waals surface area contributed by atoms with Crippen LogP contribution in [-0.2, 0) is 6.54 Å². The Balaban J connectivity index is 1.97. The van der Waals surface area contributed by atoms with Crippen molar-refractivity contribution in [1.29, 1.82) is 0 Å². The second-order valence-electron chi connectivity index (χ2n) is 4.03. The average molecular weight is 246 g/mol. The van der Waals surface area contributed by atoms with Crippen LogP contribution in [0.5, 0.6) is 0 Å². The Morgan fingerprint density at radius 3 is 3.13 bits per heavy atom. The van der Waals surface area contributed by atoms with Gasteiger partial charge in [0, 0.05) is 18.5 Å². The van der Waals surface area contributed by atoms with E-state index in [2.05, 4.69) is 13.6 Å². The molecule has 1 aliphatic rings. The van der Waals surface area contributed by atoms with Crippen LogP contribution in [-0.4, -0.2) is 32.1 Å². The summed E-state index contributed by atoms with van der Waals surface area (Å²) in [6, 6.07) is 0.524. The lowest BCUT2D eigenvalue weighted by molar-refractivity contribution is 0.205. The molecule has 2 heterocycles. The van der Waals surface area contributed by atoms with Crippen LogP contribution >= 0.6 is 23.3 Å². The van der Waals surface area contributed by atoms with Gasteiger partial charge in [0.1, 0.15) is 0 Å². The highest BCUT2D eigenvalue weighted by molar-refractivity contribution is 6.99. The highest BCUT2D eigenvalue weighted by Crippen LogP contribution is 2.19. The highest BCUT2D eigenvalue weighted by Gasteiger charge is 2.20. The van der Waals surface area contributed by atoms with E-state index < -0.39 is 0 Å². The summed E-state index contributed by atoms with van der Waals surface area (Å²) >= 11 is 7.30. The lowest BCUT2D eigenvalue weighted by Crippen LogP contribution is -2.35. The third kappa shape index (κ3) is 3.13. The first-order valence-corrected chi connectivity index (χ1v) is 6.73. The Kier molecular flexibility index (Phi) is 4.35. The molecule has 1 fully saturated rings. The van der Waals surface area contributed by atoms with Crippen LogP contribution in [0.3, 0.4) is 0 Å². The van der Waals surface area contributed by atoms with Gasteiger partial charge in [-0.3, -0.25) is 4.90 Å². The number of hydrogen-bond acceptors (Lipinski definition) is 4. The van der Waals surface area contributed by atoms with E-state index >= 15 is 0 Å². The van der Waals surface area contributed by atoms with E-state index in [9.17, 15) is 0 Å². The fourth-order valence-corrected chi connectivity index (χ4v) is 2.86. The van der Waals surface area contributed by atoms with Gasteiger partial charge in [-0.1, -0.05) is 12.8 Å². The highest BCUT2D eigenvalue weighted by atomic mass is 35.5. The summed E-state index contributed by atoms with van der Waals surface area (Å²) in [6.07, 6.45) is 7.01. The molecule has 84 valence electrons. The summed E-state index contributed by atoms with van der Waals surface area (Å²) in [5, 5.41) is 0. The molecule has 0 radical (unpaired) electrons. The summed E-state index contributed by atoms with van der Waals surface area (Å²) in [5.74, 6) is 0.734. The molecule has 1 aromatic rings. The van der Waals surface area contributed by atoms with Gasteiger partial charge in [-0.25, -0.2) is 0 Å². The minimum Gasteiger partial charge on any atom is -0.293 e. The minimum atomic E-state index is 0.524. The normalized spacial score (nSPS) is 23.9. The van der Waals surface area contributed by atoms with Crippen molar-refractivity contribution < 1.29 is 0 Å². The van der Waals surface area contributed by atoms with Crippen molar-refractivity contribution in [1.82, 2.24) is 13.6 Å². The summed E-state index contributed by atoms with van der Waals surface area (Å²) in [6.45, 7) is 2.06. The molecule has 3 nitrogen and oxygen atoms in total. The summed E-state index contributed by atoms with van der Waals surface area (Å²) in [5.41, 5.74) is 1.08. The van der Waals surface area contributed by atoms with Gasteiger partial charge in [0.15, 0.2) is 0 Å². The molecule has 1 aliphatic heterocycles. The molecule has 1 atom stereocenters. The van der Waals surface area contributed by atoms with Crippen LogP contribution in [0, 0.1) is 0 Å². The first-order valence-electron chi connectivity index (χ1n) is 5.46. The maximum absolute atomic E-state index is 6.01. The van der Waals surface area contributed by atoms with Crippen LogP contribution in [0.2, 0.25) is 0 Å². The van der Waals surface area contributed by atoms with Gasteiger partial charge in [0.2, 0.25) is 0 Å². The van der Waals surface area contributed by atoms with E-state index in [-0.39, 0.29) is 0 Å². The molecule has 1 saturated heterocycles. The third-order valence-corrected chi connectivity index (χ3v) is 3.82. The molecule has 5 heteroatoms. The first kappa shape index (κ1) is 11.3. The monoisotopic (exact) mass is 245 g/mol. The zero-order valence-electron chi connectivity index (χ0n) is 8.73. The van der Waals surface area contributed by atoms with E-state index in [1.54, 1.807) is 0 Å². The van der Waals surface area contributed by atoms with E-state index in [0.29, 0.717) is 6.04 Å². The van der Waals surface area contributed by atoms with Gasteiger partial charge in [-0.2, -0.15) is 8.75 Å². The molecule has 15 heavy (non-hydrogen) atoms. The standard InChI is InChI=1S/C10H16ClN3S/c11-6-10-4-2-1-3-5-14(10)8-9-7-12-15-13-9/h7,10H,1-6,8H2. The molecular weight excluding hydrogens is 230 g/mol. The van der Waals surface area contributed by atoms with Gasteiger partial charge in [-0.15, -0.1) is 11.6 Å². The Morgan fingerprint density at radius 2 is 2.40 bits per heavy atom. The van der Waals surface area contributed by atoms with Crippen LogP contribution in [0.4, 0.5) is 0 Å². The van der Waals surface area contributed by atoms with Crippen LogP contribution in [0.15, 0.2) is 6.20 Å². The molecule has 0 N–H and O–H groups in total. The lowest BCUT2D eigenvalue weighted by atomic mass is 10.1. The maximum atomic E-state index is 6.01. The van der Waals surface area contributed by atoms with E-state index in [0.717, 1.165) is 24.7 Å².